The molecule has 170 valence electrons. The number of hydrogen-bond donors (Lipinski definition) is 0. The fourth-order valence-corrected chi connectivity index (χ4v) is 3.78. The van der Waals surface area contributed by atoms with E-state index in [0.717, 1.165) is 33.5 Å². The first-order chi connectivity index (χ1) is 16.6. The van der Waals surface area contributed by atoms with E-state index in [9.17, 15) is 9.18 Å². The Morgan fingerprint density at radius 2 is 1.26 bits per heavy atom. The molecule has 3 nitrogen and oxygen atoms in total. The minimum atomic E-state index is -0.688. The first kappa shape index (κ1) is 23.1. The number of carbonyl (C=O) groups is 1. The van der Waals surface area contributed by atoms with Crippen molar-refractivity contribution < 1.29 is 13.9 Å². The van der Waals surface area contributed by atoms with Gasteiger partial charge in [-0.05, 0) is 35.7 Å². The Bertz CT molecular complexity index is 1190. The van der Waals surface area contributed by atoms with Crippen molar-refractivity contribution in [1.82, 2.24) is 0 Å². The summed E-state index contributed by atoms with van der Waals surface area (Å²) in [4.78, 5) is 17.8. The number of halogens is 1. The average molecular weight is 452 g/mol. The summed E-state index contributed by atoms with van der Waals surface area (Å²) in [6.45, 7) is 2.09. The van der Waals surface area contributed by atoms with Crippen LogP contribution in [0.25, 0.3) is 11.1 Å². The second-order valence-electron chi connectivity index (χ2n) is 7.89. The Kier molecular flexibility index (Phi) is 7.61. The molecule has 0 radical (unpaired) electrons. The molecule has 4 aromatic rings. The van der Waals surface area contributed by atoms with Crippen LogP contribution in [0.5, 0.6) is 0 Å². The highest BCUT2D eigenvalue weighted by Gasteiger charge is 2.21. The lowest BCUT2D eigenvalue weighted by Gasteiger charge is -2.16. The summed E-state index contributed by atoms with van der Waals surface area (Å²) < 4.78 is 18.6. The molecule has 0 bridgehead atoms. The number of carbonyl (C=O) groups excluding carboxylic acids is 1. The lowest BCUT2D eigenvalue weighted by Crippen LogP contribution is -2.26. The molecular weight excluding hydrogens is 425 g/mol. The molecule has 0 fully saturated rings. The van der Waals surface area contributed by atoms with Crippen molar-refractivity contribution in [2.75, 3.05) is 6.61 Å². The minimum absolute atomic E-state index is 0.261. The maximum absolute atomic E-state index is 13.2. The van der Waals surface area contributed by atoms with E-state index in [2.05, 4.69) is 0 Å². The van der Waals surface area contributed by atoms with Gasteiger partial charge in [0, 0.05) is 17.5 Å². The standard InChI is InChI=1S/C30H26FNO2/c1-2-34-30(33)28(21-22-13-15-23(16-14-22)24-17-19-27(31)20-18-24)32-29(25-9-5-3-6-10-25)26-11-7-4-8-12-26/h3-20,28H,2,21H2,1H3/t28-/m1/s1. The van der Waals surface area contributed by atoms with Gasteiger partial charge in [-0.2, -0.15) is 0 Å². The second kappa shape index (κ2) is 11.2. The molecule has 0 aliphatic heterocycles. The van der Waals surface area contributed by atoms with E-state index in [1.807, 2.05) is 84.9 Å². The number of ether oxygens (including phenoxy) is 1. The first-order valence-electron chi connectivity index (χ1n) is 11.3. The van der Waals surface area contributed by atoms with Gasteiger partial charge in [-0.1, -0.05) is 97.1 Å². The molecule has 1 atom stereocenters. The van der Waals surface area contributed by atoms with Crippen LogP contribution in [-0.2, 0) is 16.0 Å². The molecule has 34 heavy (non-hydrogen) atoms. The lowest BCUT2D eigenvalue weighted by molar-refractivity contribution is -0.144. The van der Waals surface area contributed by atoms with Crippen LogP contribution in [0.3, 0.4) is 0 Å². The number of nitrogens with zero attached hydrogens (tertiary/aromatic N) is 1. The molecule has 0 heterocycles. The van der Waals surface area contributed by atoms with Crippen LogP contribution in [0.4, 0.5) is 4.39 Å². The van der Waals surface area contributed by atoms with Gasteiger partial charge in [-0.15, -0.1) is 0 Å². The highest BCUT2D eigenvalue weighted by atomic mass is 19.1. The molecular formula is C30H26FNO2. The Balaban J connectivity index is 1.66. The predicted octanol–water partition coefficient (Wildman–Crippen LogP) is 6.50. The number of esters is 1. The number of benzene rings is 4. The van der Waals surface area contributed by atoms with Crippen LogP contribution in [-0.4, -0.2) is 24.3 Å². The molecule has 4 aromatic carbocycles. The smallest absolute Gasteiger partial charge is 0.331 e. The molecule has 0 saturated carbocycles. The Labute approximate surface area is 199 Å². The molecule has 0 aliphatic carbocycles. The molecule has 0 unspecified atom stereocenters. The highest BCUT2D eigenvalue weighted by molar-refractivity contribution is 6.13. The molecule has 4 heteroatoms. The summed E-state index contributed by atoms with van der Waals surface area (Å²) in [5, 5.41) is 0. The summed E-state index contributed by atoms with van der Waals surface area (Å²) in [5.74, 6) is -0.613. The van der Waals surface area contributed by atoms with Crippen molar-refractivity contribution >= 4 is 11.7 Å². The topological polar surface area (TPSA) is 38.7 Å². The van der Waals surface area contributed by atoms with Gasteiger partial charge in [0.25, 0.3) is 0 Å². The SMILES string of the molecule is CCOC(=O)[C@@H](Cc1ccc(-c2ccc(F)cc2)cc1)N=C(c1ccccc1)c1ccccc1. The number of rotatable bonds is 8. The van der Waals surface area contributed by atoms with Crippen molar-refractivity contribution in [3.05, 3.63) is 132 Å². The van der Waals surface area contributed by atoms with Gasteiger partial charge in [-0.3, -0.25) is 4.99 Å². The van der Waals surface area contributed by atoms with E-state index < -0.39 is 6.04 Å². The average Bonchev–Trinajstić information content (AvgIpc) is 2.88. The minimum Gasteiger partial charge on any atom is -0.464 e. The Morgan fingerprint density at radius 3 is 1.76 bits per heavy atom. The molecule has 0 saturated heterocycles. The molecule has 4 rings (SSSR count). The third-order valence-electron chi connectivity index (χ3n) is 5.50. The van der Waals surface area contributed by atoms with Gasteiger partial charge in [0.1, 0.15) is 5.82 Å². The van der Waals surface area contributed by atoms with Crippen LogP contribution in [0.15, 0.2) is 114 Å². The Hall–Kier alpha value is -4.05. The summed E-state index contributed by atoms with van der Waals surface area (Å²) in [6, 6.07) is 33.3. The van der Waals surface area contributed by atoms with Crippen molar-refractivity contribution in [2.24, 2.45) is 4.99 Å². The fraction of sp³-hybridized carbons (Fsp3) is 0.133. The normalized spacial score (nSPS) is 11.5. The number of hydrogen-bond acceptors (Lipinski definition) is 3. The molecule has 0 aromatic heterocycles. The molecule has 0 aliphatic rings. The molecule has 0 amide bonds. The molecule has 0 N–H and O–H groups in total. The fourth-order valence-electron chi connectivity index (χ4n) is 3.78. The van der Waals surface area contributed by atoms with Gasteiger partial charge in [0.05, 0.1) is 12.3 Å². The monoisotopic (exact) mass is 451 g/mol. The lowest BCUT2D eigenvalue weighted by atomic mass is 9.99. The van der Waals surface area contributed by atoms with E-state index in [1.54, 1.807) is 19.1 Å². The summed E-state index contributed by atoms with van der Waals surface area (Å²) in [7, 11) is 0. The summed E-state index contributed by atoms with van der Waals surface area (Å²) in [6.07, 6.45) is 0.408. The third-order valence-corrected chi connectivity index (χ3v) is 5.50. The van der Waals surface area contributed by atoms with Crippen molar-refractivity contribution in [1.29, 1.82) is 0 Å². The quantitative estimate of drug-likeness (QED) is 0.226. The van der Waals surface area contributed by atoms with E-state index in [1.165, 1.54) is 12.1 Å². The van der Waals surface area contributed by atoms with Crippen LogP contribution in [0.1, 0.15) is 23.6 Å². The van der Waals surface area contributed by atoms with Crippen LogP contribution >= 0.6 is 0 Å². The van der Waals surface area contributed by atoms with Crippen molar-refractivity contribution in [2.45, 2.75) is 19.4 Å². The maximum Gasteiger partial charge on any atom is 0.331 e. The van der Waals surface area contributed by atoms with E-state index in [-0.39, 0.29) is 11.8 Å². The van der Waals surface area contributed by atoms with Crippen LogP contribution < -0.4 is 0 Å². The number of aliphatic imine (C=N–C) groups is 1. The van der Waals surface area contributed by atoms with E-state index in [0.29, 0.717) is 13.0 Å². The van der Waals surface area contributed by atoms with Gasteiger partial charge < -0.3 is 4.74 Å². The maximum atomic E-state index is 13.2. The van der Waals surface area contributed by atoms with Gasteiger partial charge in [-0.25, -0.2) is 9.18 Å². The summed E-state index contributed by atoms with van der Waals surface area (Å²) >= 11 is 0. The zero-order chi connectivity index (χ0) is 23.8. The predicted molar refractivity (Wildman–Crippen MR) is 134 cm³/mol. The van der Waals surface area contributed by atoms with Crippen LogP contribution in [0, 0.1) is 5.82 Å². The molecule has 0 spiro atoms. The van der Waals surface area contributed by atoms with Crippen molar-refractivity contribution in [3.63, 3.8) is 0 Å². The van der Waals surface area contributed by atoms with Gasteiger partial charge in [0.15, 0.2) is 6.04 Å². The first-order valence-corrected chi connectivity index (χ1v) is 11.3. The highest BCUT2D eigenvalue weighted by Crippen LogP contribution is 2.22. The van der Waals surface area contributed by atoms with Crippen molar-refractivity contribution in [3.8, 4) is 11.1 Å². The zero-order valence-electron chi connectivity index (χ0n) is 19.0. The van der Waals surface area contributed by atoms with Crippen LogP contribution in [0.2, 0.25) is 0 Å². The third kappa shape index (κ3) is 5.84. The van der Waals surface area contributed by atoms with E-state index >= 15 is 0 Å². The Morgan fingerprint density at radius 1 is 0.765 bits per heavy atom. The summed E-state index contributed by atoms with van der Waals surface area (Å²) in [5.41, 5.74) is 5.51. The van der Waals surface area contributed by atoms with E-state index in [4.69, 9.17) is 9.73 Å². The van der Waals surface area contributed by atoms with Gasteiger partial charge in [0.2, 0.25) is 0 Å². The zero-order valence-corrected chi connectivity index (χ0v) is 19.0. The largest absolute Gasteiger partial charge is 0.464 e. The second-order valence-corrected chi connectivity index (χ2v) is 7.89. The van der Waals surface area contributed by atoms with Gasteiger partial charge >= 0.3 is 5.97 Å².